The van der Waals surface area contributed by atoms with E-state index in [1.807, 2.05) is 24.3 Å². The number of fused-ring (bicyclic) bond motifs is 1. The molecule has 0 heterocycles. The molecule has 0 atom stereocenters. The second-order valence-electron chi connectivity index (χ2n) is 23.0. The van der Waals surface area contributed by atoms with Gasteiger partial charge in [-0.1, -0.05) is 243 Å². The number of halogens is 2. The van der Waals surface area contributed by atoms with Gasteiger partial charge in [0.25, 0.3) is 0 Å². The van der Waals surface area contributed by atoms with E-state index in [1.165, 1.54) is 217 Å². The molecule has 452 valence electrons. The van der Waals surface area contributed by atoms with Crippen LogP contribution in [0.5, 0.6) is 23.0 Å². The van der Waals surface area contributed by atoms with E-state index in [1.54, 1.807) is 60.7 Å². The number of benzene rings is 6. The summed E-state index contributed by atoms with van der Waals surface area (Å²) < 4.78 is 52.4. The Bertz CT molecular complexity index is 2700. The molecule has 0 spiro atoms. The van der Waals surface area contributed by atoms with Crippen LogP contribution >= 0.6 is 0 Å². The van der Waals surface area contributed by atoms with Crippen LogP contribution in [0, 0.1) is 11.6 Å². The number of hydrogen-bond acceptors (Lipinski definition) is 8. The summed E-state index contributed by atoms with van der Waals surface area (Å²) >= 11 is 0. The smallest absolute Gasteiger partial charge is 0.343 e. The van der Waals surface area contributed by atoms with Gasteiger partial charge in [0.1, 0.15) is 11.5 Å². The van der Waals surface area contributed by atoms with Crippen LogP contribution in [0.4, 0.5) is 8.78 Å². The van der Waals surface area contributed by atoms with Gasteiger partial charge < -0.3 is 18.9 Å². The zero-order valence-corrected chi connectivity index (χ0v) is 50.6. The monoisotopic (exact) mass is 1150 g/mol. The van der Waals surface area contributed by atoms with Crippen LogP contribution < -0.4 is 18.9 Å². The zero-order valence-electron chi connectivity index (χ0n) is 50.6. The fourth-order valence-corrected chi connectivity index (χ4v) is 10.8. The number of esters is 4. The van der Waals surface area contributed by atoms with Crippen molar-refractivity contribution in [2.24, 2.45) is 0 Å². The lowest BCUT2D eigenvalue weighted by molar-refractivity contribution is 0.0714. The third-order valence-electron chi connectivity index (χ3n) is 16.0. The summed E-state index contributed by atoms with van der Waals surface area (Å²) in [6.45, 7) is 4.53. The summed E-state index contributed by atoms with van der Waals surface area (Å²) in [6.07, 6.45) is 44.2. The molecule has 0 unspecified atom stereocenters. The molecule has 0 radical (unpaired) electrons. The van der Waals surface area contributed by atoms with Crippen molar-refractivity contribution in [3.8, 4) is 23.0 Å². The molecule has 84 heavy (non-hydrogen) atoms. The fourth-order valence-electron chi connectivity index (χ4n) is 10.8. The minimum Gasteiger partial charge on any atom is -0.423 e. The van der Waals surface area contributed by atoms with Gasteiger partial charge in [0, 0.05) is 0 Å². The average Bonchev–Trinajstić information content (AvgIpc) is 3.68. The Hall–Kier alpha value is -6.68. The second kappa shape index (κ2) is 39.0. The molecule has 6 aromatic rings. The summed E-state index contributed by atoms with van der Waals surface area (Å²) in [6, 6.07) is 31.0. The lowest BCUT2D eigenvalue weighted by Crippen LogP contribution is -2.12. The Morgan fingerprint density at radius 3 is 0.857 bits per heavy atom. The first-order valence-electron chi connectivity index (χ1n) is 32.3. The molecule has 0 N–H and O–H groups in total. The van der Waals surface area contributed by atoms with Gasteiger partial charge in [-0.15, -0.1) is 0 Å². The SMILES string of the molecule is CCCCCCCCCCCCCCCCCCc1ccc(C(=O)Oc2ccc(C(=O)Oc3ccc4ccc(OC(=O)c5ccc(OC(=O)c6ccc(CCCCCCCCCCCCCCCCCC)cc6)c(F)c5)cc4c3)cc2F)cc1. The highest BCUT2D eigenvalue weighted by atomic mass is 19.1. The van der Waals surface area contributed by atoms with Gasteiger partial charge >= 0.3 is 23.9 Å². The Morgan fingerprint density at radius 1 is 0.286 bits per heavy atom. The topological polar surface area (TPSA) is 105 Å². The number of unbranched alkanes of at least 4 members (excludes halogenated alkanes) is 30. The molecule has 0 aliphatic rings. The summed E-state index contributed by atoms with van der Waals surface area (Å²) in [5, 5.41) is 1.29. The summed E-state index contributed by atoms with van der Waals surface area (Å²) in [5.41, 5.74) is 2.63. The third-order valence-corrected chi connectivity index (χ3v) is 16.0. The van der Waals surface area contributed by atoms with E-state index in [0.717, 1.165) is 54.3 Å². The van der Waals surface area contributed by atoms with Gasteiger partial charge in [-0.05, 0) is 133 Å². The van der Waals surface area contributed by atoms with Gasteiger partial charge in [-0.25, -0.2) is 28.0 Å². The van der Waals surface area contributed by atoms with Crippen LogP contribution in [-0.2, 0) is 12.8 Å². The number of carbonyl (C=O) groups excluding carboxylic acids is 4. The molecule has 6 rings (SSSR count). The van der Waals surface area contributed by atoms with E-state index >= 15 is 8.78 Å². The molecule has 0 bridgehead atoms. The molecule has 0 fully saturated rings. The Labute approximate surface area is 500 Å². The zero-order chi connectivity index (χ0) is 59.4. The minimum atomic E-state index is -0.908. The first kappa shape index (κ1) is 66.5. The van der Waals surface area contributed by atoms with Gasteiger partial charge in [0.05, 0.1) is 22.3 Å². The normalized spacial score (nSPS) is 11.2. The van der Waals surface area contributed by atoms with Crippen LogP contribution in [0.2, 0.25) is 0 Å². The molecule has 8 nitrogen and oxygen atoms in total. The Morgan fingerprint density at radius 2 is 0.560 bits per heavy atom. The van der Waals surface area contributed by atoms with E-state index in [0.29, 0.717) is 5.39 Å². The maximum Gasteiger partial charge on any atom is 0.343 e. The number of rotatable bonds is 42. The lowest BCUT2D eigenvalue weighted by atomic mass is 10.0. The van der Waals surface area contributed by atoms with Crippen molar-refractivity contribution in [2.45, 2.75) is 232 Å². The second-order valence-corrected chi connectivity index (χ2v) is 23.0. The van der Waals surface area contributed by atoms with Crippen molar-refractivity contribution in [3.63, 3.8) is 0 Å². The number of hydrogen-bond donors (Lipinski definition) is 0. The van der Waals surface area contributed by atoms with Crippen molar-refractivity contribution >= 4 is 34.6 Å². The number of aryl methyl sites for hydroxylation is 2. The molecule has 6 aromatic carbocycles. The molecule has 0 amide bonds. The van der Waals surface area contributed by atoms with E-state index < -0.39 is 35.5 Å². The average molecular weight is 1150 g/mol. The highest BCUT2D eigenvalue weighted by Crippen LogP contribution is 2.29. The Kier molecular flexibility index (Phi) is 30.9. The number of ether oxygens (including phenoxy) is 4. The van der Waals surface area contributed by atoms with Crippen molar-refractivity contribution < 1.29 is 46.9 Å². The van der Waals surface area contributed by atoms with Crippen LogP contribution in [0.3, 0.4) is 0 Å². The van der Waals surface area contributed by atoms with Crippen molar-refractivity contribution in [2.75, 3.05) is 0 Å². The van der Waals surface area contributed by atoms with E-state index in [9.17, 15) is 19.2 Å². The molecular weight excluding hydrogens is 1050 g/mol. The van der Waals surface area contributed by atoms with Crippen LogP contribution in [0.1, 0.15) is 272 Å². The predicted octanol–water partition coefficient (Wildman–Crippen LogP) is 21.6. The summed E-state index contributed by atoms with van der Waals surface area (Å²) in [7, 11) is 0. The van der Waals surface area contributed by atoms with E-state index in [4.69, 9.17) is 18.9 Å². The first-order chi connectivity index (χ1) is 41.1. The van der Waals surface area contributed by atoms with Crippen molar-refractivity contribution in [1.82, 2.24) is 0 Å². The molecule has 0 aromatic heterocycles. The predicted molar refractivity (Wildman–Crippen MR) is 336 cm³/mol. The van der Waals surface area contributed by atoms with Gasteiger partial charge in [-0.2, -0.15) is 0 Å². The fraction of sp³-hybridized carbons (Fsp3) is 0.486. The van der Waals surface area contributed by atoms with Crippen LogP contribution in [0.15, 0.2) is 121 Å². The molecule has 0 aliphatic heterocycles. The molecule has 0 aliphatic carbocycles. The standard InChI is InChI=1S/C74H94F2O8/c1-3-5-7-9-11-13-15-17-19-21-23-25-27-29-31-33-35-57-37-41-60(42-38-57)71(77)83-69-51-47-62(55-67(69)75)73(79)81-65-49-45-59-46-50-66(54-64(59)53-65)82-74(80)63-48-52-70(68(76)56-63)84-72(78)61-43-39-58(40-44-61)36-34-32-30-28-26-24-22-20-18-16-14-12-10-8-6-4-2/h37-56H,3-36H2,1-2H3. The van der Waals surface area contributed by atoms with E-state index in [2.05, 4.69) is 13.8 Å². The summed E-state index contributed by atoms with van der Waals surface area (Å²) in [4.78, 5) is 52.3. The highest BCUT2D eigenvalue weighted by molar-refractivity contribution is 5.95. The van der Waals surface area contributed by atoms with Crippen LogP contribution in [-0.4, -0.2) is 23.9 Å². The molecule has 0 saturated heterocycles. The maximum atomic E-state index is 15.3. The van der Waals surface area contributed by atoms with E-state index in [-0.39, 0.29) is 45.3 Å². The quantitative estimate of drug-likeness (QED) is 0.0212. The summed E-state index contributed by atoms with van der Waals surface area (Å²) in [5.74, 6) is -5.31. The first-order valence-corrected chi connectivity index (χ1v) is 32.3. The maximum absolute atomic E-state index is 15.3. The largest absolute Gasteiger partial charge is 0.423 e. The molecular formula is C74H94F2O8. The van der Waals surface area contributed by atoms with Gasteiger partial charge in [-0.3, -0.25) is 0 Å². The Balaban J connectivity index is 0.856. The third kappa shape index (κ3) is 24.9. The van der Waals surface area contributed by atoms with Crippen molar-refractivity contribution in [3.05, 3.63) is 166 Å². The minimum absolute atomic E-state index is 0.105. The van der Waals surface area contributed by atoms with Gasteiger partial charge in [0.2, 0.25) is 0 Å². The van der Waals surface area contributed by atoms with Crippen LogP contribution in [0.25, 0.3) is 10.8 Å². The highest BCUT2D eigenvalue weighted by Gasteiger charge is 2.19. The number of carbonyl (C=O) groups is 4. The lowest BCUT2D eigenvalue weighted by Gasteiger charge is -2.10. The molecule has 0 saturated carbocycles. The van der Waals surface area contributed by atoms with Crippen molar-refractivity contribution in [1.29, 1.82) is 0 Å². The molecule has 10 heteroatoms. The van der Waals surface area contributed by atoms with Gasteiger partial charge in [0.15, 0.2) is 23.1 Å².